The lowest BCUT2D eigenvalue weighted by Gasteiger charge is -2.19. The number of H-pyrrole nitrogens is 1. The maximum absolute atomic E-state index is 5.38. The van der Waals surface area contributed by atoms with Crippen LogP contribution in [0.25, 0.3) is 11.4 Å². The summed E-state index contributed by atoms with van der Waals surface area (Å²) in [4.78, 5) is 4.61. The lowest BCUT2D eigenvalue weighted by Crippen LogP contribution is -2.15. The first-order valence-corrected chi connectivity index (χ1v) is 6.80. The second-order valence-corrected chi connectivity index (χ2v) is 5.00. The molecule has 0 amide bonds. The number of aromatic nitrogens is 3. The highest BCUT2D eigenvalue weighted by atomic mass is 16.7. The summed E-state index contributed by atoms with van der Waals surface area (Å²) < 4.78 is 16.1. The van der Waals surface area contributed by atoms with Crippen molar-refractivity contribution in [1.82, 2.24) is 15.2 Å². The number of nitrogens with one attached hydrogen (secondary N) is 1. The predicted octanol–water partition coefficient (Wildman–Crippen LogP) is 2.09. The summed E-state index contributed by atoms with van der Waals surface area (Å²) in [5, 5.41) is 7.37. The van der Waals surface area contributed by atoms with Crippen molar-refractivity contribution in [2.75, 3.05) is 20.0 Å². The number of hydrogen-bond acceptors (Lipinski definition) is 5. The van der Waals surface area contributed by atoms with Gasteiger partial charge in [-0.3, -0.25) is 5.10 Å². The van der Waals surface area contributed by atoms with E-state index in [9.17, 15) is 0 Å². The summed E-state index contributed by atoms with van der Waals surface area (Å²) in [5.41, 5.74) is 0.934. The number of aromatic amines is 1. The van der Waals surface area contributed by atoms with Gasteiger partial charge in [-0.2, -0.15) is 5.10 Å². The molecular formula is C14H15N3O3. The van der Waals surface area contributed by atoms with Gasteiger partial charge in [0, 0.05) is 24.7 Å². The molecule has 0 atom stereocenters. The Morgan fingerprint density at radius 3 is 2.85 bits per heavy atom. The molecule has 0 unspecified atom stereocenters. The second kappa shape index (κ2) is 4.79. The van der Waals surface area contributed by atoms with Crippen molar-refractivity contribution in [3.63, 3.8) is 0 Å². The standard InChI is InChI=1S/C14H15N3O3/c1-2-11-12(20-8-19-11)7-10(1)14-15-13(16-17-14)9-3-5-18-6-4-9/h1-2,7,9H,3-6,8H2,(H,15,16,17). The average molecular weight is 273 g/mol. The molecule has 6 heteroatoms. The largest absolute Gasteiger partial charge is 0.454 e. The quantitative estimate of drug-likeness (QED) is 0.907. The lowest BCUT2D eigenvalue weighted by atomic mass is 10.00. The zero-order valence-corrected chi connectivity index (χ0v) is 11.0. The van der Waals surface area contributed by atoms with E-state index in [0.29, 0.717) is 11.7 Å². The molecule has 0 spiro atoms. The van der Waals surface area contributed by atoms with Crippen molar-refractivity contribution >= 4 is 0 Å². The molecule has 20 heavy (non-hydrogen) atoms. The van der Waals surface area contributed by atoms with Crippen molar-refractivity contribution in [2.45, 2.75) is 18.8 Å². The Bertz CT molecular complexity index is 620. The first-order chi connectivity index (χ1) is 9.90. The molecule has 0 radical (unpaired) electrons. The fourth-order valence-electron chi connectivity index (χ4n) is 2.59. The summed E-state index contributed by atoms with van der Waals surface area (Å²) in [5.74, 6) is 3.58. The van der Waals surface area contributed by atoms with Crippen LogP contribution in [0.15, 0.2) is 18.2 Å². The van der Waals surface area contributed by atoms with Gasteiger partial charge >= 0.3 is 0 Å². The zero-order valence-electron chi connectivity index (χ0n) is 11.0. The van der Waals surface area contributed by atoms with Gasteiger partial charge in [0.05, 0.1) is 0 Å². The maximum atomic E-state index is 5.38. The first-order valence-electron chi connectivity index (χ1n) is 6.80. The molecular weight excluding hydrogens is 258 g/mol. The highest BCUT2D eigenvalue weighted by molar-refractivity contribution is 5.61. The van der Waals surface area contributed by atoms with Gasteiger partial charge in [-0.05, 0) is 31.0 Å². The Labute approximate surface area is 116 Å². The molecule has 3 heterocycles. The third-order valence-electron chi connectivity index (χ3n) is 3.74. The van der Waals surface area contributed by atoms with Crippen LogP contribution in [0.1, 0.15) is 24.6 Å². The molecule has 1 aromatic heterocycles. The van der Waals surface area contributed by atoms with E-state index in [-0.39, 0.29) is 6.79 Å². The van der Waals surface area contributed by atoms with E-state index in [1.807, 2.05) is 18.2 Å². The molecule has 104 valence electrons. The Morgan fingerprint density at radius 2 is 1.95 bits per heavy atom. The van der Waals surface area contributed by atoms with Gasteiger partial charge < -0.3 is 14.2 Å². The Kier molecular flexibility index (Phi) is 2.81. The van der Waals surface area contributed by atoms with Gasteiger partial charge in [0.15, 0.2) is 17.3 Å². The van der Waals surface area contributed by atoms with Gasteiger partial charge in [-0.1, -0.05) is 0 Å². The van der Waals surface area contributed by atoms with E-state index in [1.165, 1.54) is 0 Å². The summed E-state index contributed by atoms with van der Waals surface area (Å²) in [6, 6.07) is 5.76. The minimum Gasteiger partial charge on any atom is -0.454 e. The monoisotopic (exact) mass is 273 g/mol. The van der Waals surface area contributed by atoms with E-state index in [0.717, 1.165) is 48.9 Å². The third kappa shape index (κ3) is 2.02. The first kappa shape index (κ1) is 11.7. The molecule has 0 bridgehead atoms. The Morgan fingerprint density at radius 1 is 1.10 bits per heavy atom. The summed E-state index contributed by atoms with van der Waals surface area (Å²) in [7, 11) is 0. The molecule has 4 rings (SSSR count). The van der Waals surface area contributed by atoms with E-state index in [1.54, 1.807) is 0 Å². The van der Waals surface area contributed by atoms with Gasteiger partial charge in [0.2, 0.25) is 6.79 Å². The topological polar surface area (TPSA) is 69.3 Å². The molecule has 2 aliphatic rings. The van der Waals surface area contributed by atoms with Crippen LogP contribution >= 0.6 is 0 Å². The van der Waals surface area contributed by atoms with Crippen molar-refractivity contribution in [1.29, 1.82) is 0 Å². The smallest absolute Gasteiger partial charge is 0.231 e. The second-order valence-electron chi connectivity index (χ2n) is 5.00. The molecule has 1 fully saturated rings. The number of nitrogens with zero attached hydrogens (tertiary/aromatic N) is 2. The highest BCUT2D eigenvalue weighted by Gasteiger charge is 2.21. The molecule has 0 aliphatic carbocycles. The van der Waals surface area contributed by atoms with Gasteiger partial charge in [0.25, 0.3) is 0 Å². The molecule has 2 aliphatic heterocycles. The minimum absolute atomic E-state index is 0.278. The summed E-state index contributed by atoms with van der Waals surface area (Å²) >= 11 is 0. The van der Waals surface area contributed by atoms with Crippen LogP contribution in [0, 0.1) is 0 Å². The SMILES string of the molecule is c1cc2c(cc1-c1n[nH]c(C3CCOCC3)n1)OCO2. The molecule has 0 saturated carbocycles. The summed E-state index contributed by atoms with van der Waals surface area (Å²) in [6.45, 7) is 1.87. The van der Waals surface area contributed by atoms with Crippen LogP contribution in [0.3, 0.4) is 0 Å². The normalized spacial score (nSPS) is 18.4. The van der Waals surface area contributed by atoms with Gasteiger partial charge in [0.1, 0.15) is 5.82 Å². The van der Waals surface area contributed by atoms with Gasteiger partial charge in [-0.25, -0.2) is 4.98 Å². The Hall–Kier alpha value is -2.08. The number of fused-ring (bicyclic) bond motifs is 1. The van der Waals surface area contributed by atoms with E-state index in [2.05, 4.69) is 15.2 Å². The van der Waals surface area contributed by atoms with Crippen molar-refractivity contribution in [2.24, 2.45) is 0 Å². The van der Waals surface area contributed by atoms with Crippen LogP contribution in [0.5, 0.6) is 11.5 Å². The van der Waals surface area contributed by atoms with E-state index < -0.39 is 0 Å². The average Bonchev–Trinajstić information content (AvgIpc) is 3.16. The van der Waals surface area contributed by atoms with Crippen LogP contribution < -0.4 is 9.47 Å². The van der Waals surface area contributed by atoms with Crippen molar-refractivity contribution in [3.8, 4) is 22.9 Å². The van der Waals surface area contributed by atoms with Crippen LogP contribution in [0.2, 0.25) is 0 Å². The molecule has 2 aromatic rings. The third-order valence-corrected chi connectivity index (χ3v) is 3.74. The maximum Gasteiger partial charge on any atom is 0.231 e. The Balaban J connectivity index is 1.61. The van der Waals surface area contributed by atoms with E-state index >= 15 is 0 Å². The van der Waals surface area contributed by atoms with Crippen molar-refractivity contribution < 1.29 is 14.2 Å². The molecule has 1 aromatic carbocycles. The van der Waals surface area contributed by atoms with Crippen LogP contribution in [-0.2, 0) is 4.74 Å². The molecule has 6 nitrogen and oxygen atoms in total. The van der Waals surface area contributed by atoms with Crippen LogP contribution in [0.4, 0.5) is 0 Å². The molecule has 1 N–H and O–H groups in total. The van der Waals surface area contributed by atoms with Crippen molar-refractivity contribution in [3.05, 3.63) is 24.0 Å². The highest BCUT2D eigenvalue weighted by Crippen LogP contribution is 2.35. The van der Waals surface area contributed by atoms with Gasteiger partial charge in [-0.15, -0.1) is 0 Å². The predicted molar refractivity (Wildman–Crippen MR) is 70.7 cm³/mol. The number of benzene rings is 1. The fraction of sp³-hybridized carbons (Fsp3) is 0.429. The lowest BCUT2D eigenvalue weighted by molar-refractivity contribution is 0.0836. The van der Waals surface area contributed by atoms with E-state index in [4.69, 9.17) is 14.2 Å². The minimum atomic E-state index is 0.278. The summed E-state index contributed by atoms with van der Waals surface area (Å²) in [6.07, 6.45) is 1.99. The van der Waals surface area contributed by atoms with Crippen LogP contribution in [-0.4, -0.2) is 35.2 Å². The number of rotatable bonds is 2. The fourth-order valence-corrected chi connectivity index (χ4v) is 2.59. The number of hydrogen-bond donors (Lipinski definition) is 1. The molecule has 1 saturated heterocycles. The number of ether oxygens (including phenoxy) is 3. The zero-order chi connectivity index (χ0) is 13.4.